The number of amides is 1. The van der Waals surface area contributed by atoms with E-state index >= 15 is 0 Å². The second-order valence-corrected chi connectivity index (χ2v) is 7.82. The molecule has 3 N–H and O–H groups in total. The van der Waals surface area contributed by atoms with E-state index in [-0.39, 0.29) is 11.7 Å². The van der Waals surface area contributed by atoms with Crippen molar-refractivity contribution < 1.29 is 19.4 Å². The molecule has 166 valence electrons. The van der Waals surface area contributed by atoms with Gasteiger partial charge in [0.2, 0.25) is 11.1 Å². The topological polar surface area (TPSA) is 111 Å². The molecule has 2 heterocycles. The summed E-state index contributed by atoms with van der Waals surface area (Å²) in [4.78, 5) is 17.9. The molecule has 4 rings (SSSR count). The molecule has 0 spiro atoms. The summed E-state index contributed by atoms with van der Waals surface area (Å²) in [5, 5.41) is 21.3. The Balaban J connectivity index is 1.78. The van der Waals surface area contributed by atoms with E-state index in [0.717, 1.165) is 5.56 Å². The molecule has 2 aromatic carbocycles. The summed E-state index contributed by atoms with van der Waals surface area (Å²) in [6, 6.07) is 11.5. The first-order valence-corrected chi connectivity index (χ1v) is 11.0. The molecule has 1 aliphatic rings. The Morgan fingerprint density at radius 1 is 1.19 bits per heavy atom. The molecule has 0 bridgehead atoms. The fourth-order valence-corrected chi connectivity index (χ4v) is 3.90. The van der Waals surface area contributed by atoms with E-state index in [1.807, 2.05) is 13.2 Å². The standard InChI is InChI=1S/C22H23N5O4S/c1-12-18(20(29)24-14-6-8-15(30-2)9-7-14)19(13-5-10-16(28)17(11-13)31-3)27-21(23-12)25-22(26-27)32-4/h5-11,19,28H,1-4H3,(H,24,29)(H,23,25,26)/t19-/m1/s1. The molecule has 0 saturated carbocycles. The number of fused-ring (bicyclic) bond motifs is 1. The van der Waals surface area contributed by atoms with Crippen molar-refractivity contribution >= 4 is 29.3 Å². The number of anilines is 2. The van der Waals surface area contributed by atoms with Crippen LogP contribution < -0.4 is 20.1 Å². The first kappa shape index (κ1) is 21.6. The van der Waals surface area contributed by atoms with Crippen LogP contribution in [0.5, 0.6) is 17.2 Å². The number of carbonyl (C=O) groups excluding carboxylic acids is 1. The number of hydrogen-bond acceptors (Lipinski definition) is 8. The molecule has 9 nitrogen and oxygen atoms in total. The van der Waals surface area contributed by atoms with Gasteiger partial charge in [0.1, 0.15) is 11.8 Å². The van der Waals surface area contributed by atoms with Crippen molar-refractivity contribution in [3.8, 4) is 17.2 Å². The minimum Gasteiger partial charge on any atom is -0.504 e. The number of aromatic hydroxyl groups is 1. The van der Waals surface area contributed by atoms with Gasteiger partial charge < -0.3 is 25.2 Å². The van der Waals surface area contributed by atoms with Crippen LogP contribution in [0.2, 0.25) is 0 Å². The average molecular weight is 454 g/mol. The highest BCUT2D eigenvalue weighted by Gasteiger charge is 2.34. The highest BCUT2D eigenvalue weighted by Crippen LogP contribution is 2.39. The van der Waals surface area contributed by atoms with Gasteiger partial charge >= 0.3 is 0 Å². The van der Waals surface area contributed by atoms with Gasteiger partial charge in [-0.25, -0.2) is 4.68 Å². The molecule has 10 heteroatoms. The summed E-state index contributed by atoms with van der Waals surface area (Å²) in [6.07, 6.45) is 1.89. The van der Waals surface area contributed by atoms with E-state index in [1.54, 1.807) is 48.2 Å². The van der Waals surface area contributed by atoms with Crippen molar-refractivity contribution in [3.05, 3.63) is 59.3 Å². The van der Waals surface area contributed by atoms with Crippen LogP contribution in [0.3, 0.4) is 0 Å². The fourth-order valence-electron chi connectivity index (χ4n) is 3.56. The number of aromatic nitrogens is 3. The van der Waals surface area contributed by atoms with Gasteiger partial charge in [0, 0.05) is 11.4 Å². The lowest BCUT2D eigenvalue weighted by Gasteiger charge is -2.29. The molecular weight excluding hydrogens is 430 g/mol. The van der Waals surface area contributed by atoms with Gasteiger partial charge in [-0.2, -0.15) is 4.98 Å². The molecule has 1 aromatic heterocycles. The number of rotatable bonds is 6. The second-order valence-electron chi connectivity index (χ2n) is 7.05. The lowest BCUT2D eigenvalue weighted by molar-refractivity contribution is -0.113. The van der Waals surface area contributed by atoms with Gasteiger partial charge in [0.15, 0.2) is 11.5 Å². The fraction of sp³-hybridized carbons (Fsp3) is 0.227. The second kappa shape index (κ2) is 8.83. The molecule has 0 radical (unpaired) electrons. The van der Waals surface area contributed by atoms with E-state index in [9.17, 15) is 9.90 Å². The van der Waals surface area contributed by atoms with Crippen molar-refractivity contribution in [2.75, 3.05) is 31.1 Å². The van der Waals surface area contributed by atoms with Gasteiger partial charge in [-0.05, 0) is 55.1 Å². The molecule has 0 fully saturated rings. The first-order chi connectivity index (χ1) is 15.4. The number of benzene rings is 2. The number of nitrogens with one attached hydrogen (secondary N) is 2. The van der Waals surface area contributed by atoms with Crippen molar-refractivity contribution in [2.24, 2.45) is 0 Å². The molecule has 1 atom stereocenters. The molecular formula is C22H23N5O4S. The summed E-state index contributed by atoms with van der Waals surface area (Å²) in [6.45, 7) is 1.82. The van der Waals surface area contributed by atoms with Crippen molar-refractivity contribution in [3.63, 3.8) is 0 Å². The van der Waals surface area contributed by atoms with E-state index < -0.39 is 6.04 Å². The zero-order chi connectivity index (χ0) is 22.8. The Bertz CT molecular complexity index is 1190. The van der Waals surface area contributed by atoms with Crippen molar-refractivity contribution in [1.82, 2.24) is 14.8 Å². The minimum absolute atomic E-state index is 0.0127. The molecule has 0 saturated heterocycles. The van der Waals surface area contributed by atoms with Crippen LogP contribution >= 0.6 is 11.8 Å². The maximum atomic E-state index is 13.4. The highest BCUT2D eigenvalue weighted by atomic mass is 32.2. The Morgan fingerprint density at radius 3 is 2.59 bits per heavy atom. The molecule has 3 aromatic rings. The van der Waals surface area contributed by atoms with Crippen LogP contribution in [0.25, 0.3) is 0 Å². The van der Waals surface area contributed by atoms with Gasteiger partial charge in [-0.3, -0.25) is 4.79 Å². The number of allylic oxidation sites excluding steroid dienone is 1. The average Bonchev–Trinajstić information content (AvgIpc) is 3.21. The Morgan fingerprint density at radius 2 is 1.94 bits per heavy atom. The Hall–Kier alpha value is -3.66. The van der Waals surface area contributed by atoms with Crippen LogP contribution in [0, 0.1) is 0 Å². The predicted octanol–water partition coefficient (Wildman–Crippen LogP) is 3.65. The predicted molar refractivity (Wildman–Crippen MR) is 123 cm³/mol. The van der Waals surface area contributed by atoms with Gasteiger partial charge in [0.05, 0.1) is 19.8 Å². The summed E-state index contributed by atoms with van der Waals surface area (Å²) in [7, 11) is 3.07. The third-order valence-corrected chi connectivity index (χ3v) is 5.67. The number of methoxy groups -OCH3 is 2. The normalized spacial score (nSPS) is 15.1. The van der Waals surface area contributed by atoms with Crippen LogP contribution in [0.15, 0.2) is 58.9 Å². The number of phenols is 1. The number of nitrogens with zero attached hydrogens (tertiary/aromatic N) is 3. The van der Waals surface area contributed by atoms with Crippen molar-refractivity contribution in [1.29, 1.82) is 0 Å². The van der Waals surface area contributed by atoms with Crippen LogP contribution in [0.4, 0.5) is 11.6 Å². The maximum absolute atomic E-state index is 13.4. The summed E-state index contributed by atoms with van der Waals surface area (Å²) in [5.74, 6) is 1.26. The maximum Gasteiger partial charge on any atom is 0.255 e. The first-order valence-electron chi connectivity index (χ1n) is 9.75. The lowest BCUT2D eigenvalue weighted by Crippen LogP contribution is -2.31. The number of carbonyl (C=O) groups is 1. The number of thioether (sulfide) groups is 1. The lowest BCUT2D eigenvalue weighted by atomic mass is 9.94. The zero-order valence-corrected chi connectivity index (χ0v) is 18.9. The SMILES string of the molecule is COc1ccc(NC(=O)C2=C(C)Nc3nc(SC)nn3[C@@H]2c2ccc(O)c(OC)c2)cc1. The van der Waals surface area contributed by atoms with E-state index in [1.165, 1.54) is 24.9 Å². The highest BCUT2D eigenvalue weighted by molar-refractivity contribution is 7.98. The van der Waals surface area contributed by atoms with Gasteiger partial charge in [0.25, 0.3) is 5.91 Å². The summed E-state index contributed by atoms with van der Waals surface area (Å²) >= 11 is 1.41. The van der Waals surface area contributed by atoms with Gasteiger partial charge in [-0.15, -0.1) is 5.10 Å². The van der Waals surface area contributed by atoms with Crippen LogP contribution in [-0.2, 0) is 4.79 Å². The van der Waals surface area contributed by atoms with E-state index in [0.29, 0.717) is 39.6 Å². The molecule has 0 aliphatic carbocycles. The summed E-state index contributed by atoms with van der Waals surface area (Å²) in [5.41, 5.74) is 2.48. The molecule has 1 aliphatic heterocycles. The van der Waals surface area contributed by atoms with E-state index in [4.69, 9.17) is 9.47 Å². The number of phenolic OH excluding ortho intramolecular Hbond substituents is 1. The number of ether oxygens (including phenoxy) is 2. The Kier molecular flexibility index (Phi) is 5.95. The molecule has 32 heavy (non-hydrogen) atoms. The minimum atomic E-state index is -0.576. The largest absolute Gasteiger partial charge is 0.504 e. The summed E-state index contributed by atoms with van der Waals surface area (Å²) < 4.78 is 12.1. The third-order valence-electron chi connectivity index (χ3n) is 5.13. The molecule has 1 amide bonds. The quantitative estimate of drug-likeness (QED) is 0.485. The van der Waals surface area contributed by atoms with E-state index in [2.05, 4.69) is 20.7 Å². The third kappa shape index (κ3) is 3.96. The Labute approximate surface area is 189 Å². The monoisotopic (exact) mass is 453 g/mol. The van der Waals surface area contributed by atoms with Crippen molar-refractivity contribution in [2.45, 2.75) is 18.1 Å². The van der Waals surface area contributed by atoms with Crippen LogP contribution in [-0.4, -0.2) is 46.3 Å². The van der Waals surface area contributed by atoms with Crippen LogP contribution in [0.1, 0.15) is 18.5 Å². The zero-order valence-electron chi connectivity index (χ0n) is 18.0. The van der Waals surface area contributed by atoms with Gasteiger partial charge in [-0.1, -0.05) is 17.8 Å². The molecule has 0 unspecified atom stereocenters. The smallest absolute Gasteiger partial charge is 0.255 e. The number of hydrogen-bond donors (Lipinski definition) is 3.